The molecule has 0 unspecified atom stereocenters. The highest BCUT2D eigenvalue weighted by Crippen LogP contribution is 2.19. The molecule has 0 aliphatic rings. The minimum Gasteiger partial charge on any atom is -0.490 e. The number of benzene rings is 1. The van der Waals surface area contributed by atoms with Crippen molar-refractivity contribution in [2.45, 2.75) is 0 Å². The average molecular weight is 288 g/mol. The van der Waals surface area contributed by atoms with Gasteiger partial charge in [0.05, 0.1) is 19.0 Å². The number of halogens is 1. The quantitative estimate of drug-likeness (QED) is 0.731. The lowest BCUT2D eigenvalue weighted by molar-refractivity contribution is 0.111. The Bertz CT molecular complexity index is 569. The number of primary sulfonamides is 1. The lowest BCUT2D eigenvalue weighted by atomic mass is 10.2. The molecule has 0 radical (unpaired) electrons. The van der Waals surface area contributed by atoms with E-state index >= 15 is 0 Å². The molecule has 0 bridgehead atoms. The van der Waals surface area contributed by atoms with Crippen LogP contribution in [0.15, 0.2) is 18.2 Å². The molecule has 6 nitrogen and oxygen atoms in total. The van der Waals surface area contributed by atoms with Gasteiger partial charge in [-0.2, -0.15) is 5.26 Å². The van der Waals surface area contributed by atoms with Crippen LogP contribution in [0.2, 0.25) is 0 Å². The van der Waals surface area contributed by atoms with Crippen LogP contribution in [0, 0.1) is 17.1 Å². The van der Waals surface area contributed by atoms with E-state index in [1.54, 1.807) is 6.07 Å². The molecule has 0 heterocycles. The molecule has 1 rings (SSSR count). The Hall–Kier alpha value is -1.69. The smallest absolute Gasteiger partial charge is 0.211 e. The maximum absolute atomic E-state index is 13.2. The minimum atomic E-state index is -3.54. The normalized spacial score (nSPS) is 11.0. The van der Waals surface area contributed by atoms with Crippen molar-refractivity contribution in [2.24, 2.45) is 5.14 Å². The lowest BCUT2D eigenvalue weighted by Crippen LogP contribution is -2.21. The second-order valence-electron chi connectivity index (χ2n) is 3.55. The molecule has 104 valence electrons. The minimum absolute atomic E-state index is 0.0452. The molecule has 8 heteroatoms. The van der Waals surface area contributed by atoms with Crippen LogP contribution in [-0.2, 0) is 14.8 Å². The van der Waals surface area contributed by atoms with Gasteiger partial charge in [0, 0.05) is 0 Å². The summed E-state index contributed by atoms with van der Waals surface area (Å²) in [6.45, 7) is 0.135. The molecule has 0 aliphatic heterocycles. The van der Waals surface area contributed by atoms with Gasteiger partial charge in [0.25, 0.3) is 0 Å². The molecule has 0 amide bonds. The molecule has 1 aromatic carbocycles. The first-order valence-electron chi connectivity index (χ1n) is 5.33. The third kappa shape index (κ3) is 5.65. The zero-order valence-electron chi connectivity index (χ0n) is 10.0. The van der Waals surface area contributed by atoms with E-state index in [4.69, 9.17) is 19.9 Å². The topological polar surface area (TPSA) is 102 Å². The first kappa shape index (κ1) is 15.4. The highest BCUT2D eigenvalue weighted by molar-refractivity contribution is 7.89. The maximum Gasteiger partial charge on any atom is 0.211 e. The van der Waals surface area contributed by atoms with Crippen molar-refractivity contribution in [3.05, 3.63) is 29.6 Å². The van der Waals surface area contributed by atoms with Gasteiger partial charge in [0.15, 0.2) is 0 Å². The van der Waals surface area contributed by atoms with Crippen LogP contribution in [0.25, 0.3) is 0 Å². The Labute approximate surface area is 110 Å². The molecule has 0 aliphatic carbocycles. The number of nitriles is 1. The second-order valence-corrected chi connectivity index (χ2v) is 5.29. The molecule has 0 aromatic heterocycles. The van der Waals surface area contributed by atoms with Crippen molar-refractivity contribution in [1.29, 1.82) is 5.26 Å². The van der Waals surface area contributed by atoms with Crippen molar-refractivity contribution < 1.29 is 22.3 Å². The Balaban J connectivity index is 2.35. The van der Waals surface area contributed by atoms with Crippen LogP contribution in [0.3, 0.4) is 0 Å². The van der Waals surface area contributed by atoms with E-state index in [9.17, 15) is 12.8 Å². The molecular weight excluding hydrogens is 275 g/mol. The standard InChI is InChI=1S/C11H13FN2O4S/c12-10-2-1-3-11(9(10)8-13)18-5-4-17-6-7-19(14,15)16/h1-3H,4-7H2,(H2,14,15,16). The summed E-state index contributed by atoms with van der Waals surface area (Å²) in [6.07, 6.45) is 0. The van der Waals surface area contributed by atoms with E-state index in [2.05, 4.69) is 0 Å². The molecule has 0 saturated carbocycles. The van der Waals surface area contributed by atoms with Gasteiger partial charge in [-0.05, 0) is 12.1 Å². The third-order valence-corrected chi connectivity index (χ3v) is 2.82. The Morgan fingerprint density at radius 2 is 2.05 bits per heavy atom. The number of nitrogens with zero attached hydrogens (tertiary/aromatic N) is 1. The SMILES string of the molecule is N#Cc1c(F)cccc1OCCOCCS(N)(=O)=O. The van der Waals surface area contributed by atoms with Gasteiger partial charge >= 0.3 is 0 Å². The lowest BCUT2D eigenvalue weighted by Gasteiger charge is -2.08. The highest BCUT2D eigenvalue weighted by Gasteiger charge is 2.08. The van der Waals surface area contributed by atoms with Crippen LogP contribution in [0.4, 0.5) is 4.39 Å². The van der Waals surface area contributed by atoms with Crippen molar-refractivity contribution in [3.8, 4) is 11.8 Å². The molecule has 0 fully saturated rings. The average Bonchev–Trinajstić information content (AvgIpc) is 2.32. The molecule has 2 N–H and O–H groups in total. The van der Waals surface area contributed by atoms with Gasteiger partial charge in [-0.25, -0.2) is 17.9 Å². The zero-order valence-corrected chi connectivity index (χ0v) is 10.8. The third-order valence-electron chi connectivity index (χ3n) is 2.08. The van der Waals surface area contributed by atoms with E-state index in [1.807, 2.05) is 0 Å². The molecule has 0 saturated heterocycles. The fourth-order valence-electron chi connectivity index (χ4n) is 1.22. The first-order chi connectivity index (χ1) is 8.94. The van der Waals surface area contributed by atoms with Crippen molar-refractivity contribution in [1.82, 2.24) is 0 Å². The highest BCUT2D eigenvalue weighted by atomic mass is 32.2. The Morgan fingerprint density at radius 3 is 2.68 bits per heavy atom. The van der Waals surface area contributed by atoms with Crippen LogP contribution in [0.1, 0.15) is 5.56 Å². The van der Waals surface area contributed by atoms with Crippen molar-refractivity contribution in [3.63, 3.8) is 0 Å². The molecular formula is C11H13FN2O4S. The number of rotatable bonds is 7. The summed E-state index contributed by atoms with van der Waals surface area (Å²) >= 11 is 0. The molecule has 0 spiro atoms. The predicted molar refractivity (Wildman–Crippen MR) is 65.4 cm³/mol. The summed E-state index contributed by atoms with van der Waals surface area (Å²) < 4.78 is 44.5. The van der Waals surface area contributed by atoms with Crippen LogP contribution >= 0.6 is 0 Å². The summed E-state index contributed by atoms with van der Waals surface area (Å²) in [5.74, 6) is -0.816. The Kier molecular flexibility index (Phi) is 5.69. The fraction of sp³-hybridized carbons (Fsp3) is 0.364. The summed E-state index contributed by atoms with van der Waals surface area (Å²) in [4.78, 5) is 0. The summed E-state index contributed by atoms with van der Waals surface area (Å²) in [6, 6.07) is 5.75. The summed E-state index contributed by atoms with van der Waals surface area (Å²) in [5.41, 5.74) is -0.174. The first-order valence-corrected chi connectivity index (χ1v) is 7.05. The van der Waals surface area contributed by atoms with Gasteiger partial charge in [-0.1, -0.05) is 6.07 Å². The number of sulfonamides is 1. The van der Waals surface area contributed by atoms with E-state index < -0.39 is 15.8 Å². The van der Waals surface area contributed by atoms with Crippen LogP contribution in [-0.4, -0.2) is 34.0 Å². The van der Waals surface area contributed by atoms with E-state index in [1.165, 1.54) is 12.1 Å². The van der Waals surface area contributed by atoms with Crippen LogP contribution in [0.5, 0.6) is 5.75 Å². The number of hydrogen-bond donors (Lipinski definition) is 1. The van der Waals surface area contributed by atoms with Crippen LogP contribution < -0.4 is 9.88 Å². The second kappa shape index (κ2) is 7.04. The van der Waals surface area contributed by atoms with E-state index in [0.717, 1.165) is 6.07 Å². The van der Waals surface area contributed by atoms with Gasteiger partial charge in [0.2, 0.25) is 10.0 Å². The van der Waals surface area contributed by atoms with Crippen molar-refractivity contribution in [2.75, 3.05) is 25.6 Å². The van der Waals surface area contributed by atoms with E-state index in [-0.39, 0.29) is 36.9 Å². The van der Waals surface area contributed by atoms with Gasteiger partial charge in [-0.15, -0.1) is 0 Å². The maximum atomic E-state index is 13.2. The summed E-state index contributed by atoms with van der Waals surface area (Å²) in [7, 11) is -3.54. The molecule has 1 aromatic rings. The number of ether oxygens (including phenoxy) is 2. The van der Waals surface area contributed by atoms with E-state index in [0.29, 0.717) is 0 Å². The largest absolute Gasteiger partial charge is 0.490 e. The Morgan fingerprint density at radius 1 is 1.32 bits per heavy atom. The summed E-state index contributed by atoms with van der Waals surface area (Å²) in [5, 5.41) is 13.5. The number of nitrogens with two attached hydrogens (primary N) is 1. The van der Waals surface area contributed by atoms with Gasteiger partial charge in [0.1, 0.15) is 29.8 Å². The van der Waals surface area contributed by atoms with Gasteiger partial charge < -0.3 is 9.47 Å². The zero-order chi connectivity index (χ0) is 14.3. The molecule has 19 heavy (non-hydrogen) atoms. The fourth-order valence-corrected chi connectivity index (χ4v) is 1.57. The number of hydrogen-bond acceptors (Lipinski definition) is 5. The monoisotopic (exact) mass is 288 g/mol. The molecule has 0 atom stereocenters. The van der Waals surface area contributed by atoms with Gasteiger partial charge in [-0.3, -0.25) is 0 Å². The van der Waals surface area contributed by atoms with Crippen molar-refractivity contribution >= 4 is 10.0 Å². The predicted octanol–water partition coefficient (Wildman–Crippen LogP) is 0.381.